The molecule has 116 valence electrons. The van der Waals surface area contributed by atoms with Crippen molar-refractivity contribution in [3.8, 4) is 11.5 Å². The Balaban J connectivity index is 1.64. The van der Waals surface area contributed by atoms with E-state index in [1.54, 1.807) is 17.5 Å². The largest absolute Gasteiger partial charge is 0.460 e. The highest BCUT2D eigenvalue weighted by Crippen LogP contribution is 2.24. The lowest BCUT2D eigenvalue weighted by atomic mass is 9.99. The third kappa shape index (κ3) is 3.14. The second-order valence-electron chi connectivity index (χ2n) is 5.57. The van der Waals surface area contributed by atoms with Crippen LogP contribution in [0.1, 0.15) is 23.8 Å². The molecule has 1 atom stereocenters. The predicted molar refractivity (Wildman–Crippen MR) is 86.6 cm³/mol. The molecule has 0 aliphatic heterocycles. The molecule has 3 aromatic rings. The van der Waals surface area contributed by atoms with Gasteiger partial charge in [-0.2, -0.15) is 16.4 Å². The lowest BCUT2D eigenvalue weighted by molar-refractivity contribution is 0.0571. The molecule has 0 saturated carbocycles. The van der Waals surface area contributed by atoms with Crippen molar-refractivity contribution in [1.29, 1.82) is 0 Å². The summed E-state index contributed by atoms with van der Waals surface area (Å²) in [5.41, 5.74) is 1.93. The molecule has 3 heterocycles. The van der Waals surface area contributed by atoms with Crippen molar-refractivity contribution in [1.82, 2.24) is 15.5 Å². The van der Waals surface area contributed by atoms with Crippen LogP contribution in [0, 0.1) is 6.92 Å². The molecule has 0 aromatic carbocycles. The summed E-state index contributed by atoms with van der Waals surface area (Å²) in [5.74, 6) is 1.64. The zero-order chi connectivity index (χ0) is 15.6. The van der Waals surface area contributed by atoms with Gasteiger partial charge in [0.15, 0.2) is 5.76 Å². The maximum absolute atomic E-state index is 10.5. The molecule has 0 aliphatic carbocycles. The molecule has 0 amide bonds. The number of aryl methyl sites for hydroxylation is 1. The Morgan fingerprint density at radius 3 is 2.95 bits per heavy atom. The van der Waals surface area contributed by atoms with E-state index in [0.717, 1.165) is 28.3 Å². The van der Waals surface area contributed by atoms with Gasteiger partial charge < -0.3 is 14.8 Å². The smallest absolute Gasteiger partial charge is 0.152 e. The Kier molecular flexibility index (Phi) is 4.15. The number of H-pyrrole nitrogens is 1. The van der Waals surface area contributed by atoms with Crippen LogP contribution < -0.4 is 5.32 Å². The summed E-state index contributed by atoms with van der Waals surface area (Å²) in [6, 6.07) is 5.80. The van der Waals surface area contributed by atoms with Gasteiger partial charge in [-0.25, -0.2) is 0 Å². The third-order valence-electron chi connectivity index (χ3n) is 3.63. The number of aromatic amines is 1. The number of rotatable bonds is 6. The van der Waals surface area contributed by atoms with Gasteiger partial charge in [0.2, 0.25) is 0 Å². The zero-order valence-electron chi connectivity index (χ0n) is 12.6. The lowest BCUT2D eigenvalue weighted by Gasteiger charge is -2.22. The quantitative estimate of drug-likeness (QED) is 0.653. The van der Waals surface area contributed by atoms with E-state index in [4.69, 9.17) is 4.42 Å². The van der Waals surface area contributed by atoms with Gasteiger partial charge in [0.25, 0.3) is 0 Å². The van der Waals surface area contributed by atoms with Crippen LogP contribution in [0.3, 0.4) is 0 Å². The van der Waals surface area contributed by atoms with Crippen LogP contribution in [0.5, 0.6) is 0 Å². The van der Waals surface area contributed by atoms with Crippen molar-refractivity contribution in [3.63, 3.8) is 0 Å². The maximum Gasteiger partial charge on any atom is 0.152 e. The number of thiophene rings is 1. The summed E-state index contributed by atoms with van der Waals surface area (Å²) >= 11 is 1.58. The number of nitrogens with one attached hydrogen (secondary N) is 2. The standard InChI is InChI=1S/C16H19N3O2S/c1-11-3-4-14(21-11)15-12(8-18-19-15)7-17-10-16(2,20)13-5-6-22-9-13/h3-6,8-9,17,20H,7,10H2,1-2H3,(H,18,19). The summed E-state index contributed by atoms with van der Waals surface area (Å²) in [4.78, 5) is 0. The fourth-order valence-electron chi connectivity index (χ4n) is 2.34. The summed E-state index contributed by atoms with van der Waals surface area (Å²) in [6.45, 7) is 4.79. The number of furan rings is 1. The zero-order valence-corrected chi connectivity index (χ0v) is 13.4. The molecule has 5 nitrogen and oxygen atoms in total. The second kappa shape index (κ2) is 6.08. The van der Waals surface area contributed by atoms with E-state index < -0.39 is 5.60 Å². The highest BCUT2D eigenvalue weighted by molar-refractivity contribution is 7.08. The first-order valence-corrected chi connectivity index (χ1v) is 8.05. The van der Waals surface area contributed by atoms with E-state index in [2.05, 4.69) is 15.5 Å². The van der Waals surface area contributed by atoms with Crippen LogP contribution in [0.2, 0.25) is 0 Å². The maximum atomic E-state index is 10.5. The first-order chi connectivity index (χ1) is 10.6. The van der Waals surface area contributed by atoms with Crippen molar-refractivity contribution in [2.24, 2.45) is 0 Å². The second-order valence-corrected chi connectivity index (χ2v) is 6.35. The minimum atomic E-state index is -0.884. The number of aromatic nitrogens is 2. The Hall–Kier alpha value is -1.89. The molecule has 22 heavy (non-hydrogen) atoms. The Bertz CT molecular complexity index is 728. The molecular weight excluding hydrogens is 298 g/mol. The van der Waals surface area contributed by atoms with E-state index in [9.17, 15) is 5.11 Å². The van der Waals surface area contributed by atoms with Gasteiger partial charge in [0, 0.05) is 18.7 Å². The van der Waals surface area contributed by atoms with Crippen LogP contribution >= 0.6 is 11.3 Å². The monoisotopic (exact) mass is 317 g/mol. The van der Waals surface area contributed by atoms with Gasteiger partial charge in [-0.15, -0.1) is 0 Å². The van der Waals surface area contributed by atoms with Crippen molar-refractivity contribution >= 4 is 11.3 Å². The number of aliphatic hydroxyl groups is 1. The average molecular weight is 317 g/mol. The highest BCUT2D eigenvalue weighted by atomic mass is 32.1. The molecule has 0 spiro atoms. The molecule has 0 saturated heterocycles. The summed E-state index contributed by atoms with van der Waals surface area (Å²) < 4.78 is 5.63. The first-order valence-electron chi connectivity index (χ1n) is 7.11. The first kappa shape index (κ1) is 15.0. The highest BCUT2D eigenvalue weighted by Gasteiger charge is 2.23. The lowest BCUT2D eigenvalue weighted by Crippen LogP contribution is -2.34. The third-order valence-corrected chi connectivity index (χ3v) is 4.32. The molecule has 3 aromatic heterocycles. The van der Waals surface area contributed by atoms with Crippen LogP contribution in [0.25, 0.3) is 11.5 Å². The van der Waals surface area contributed by atoms with Crippen LogP contribution in [0.15, 0.2) is 39.6 Å². The Morgan fingerprint density at radius 1 is 1.41 bits per heavy atom. The Morgan fingerprint density at radius 2 is 2.27 bits per heavy atom. The minimum absolute atomic E-state index is 0.464. The van der Waals surface area contributed by atoms with Gasteiger partial charge in [-0.3, -0.25) is 5.10 Å². The van der Waals surface area contributed by atoms with E-state index in [1.807, 2.05) is 42.8 Å². The summed E-state index contributed by atoms with van der Waals surface area (Å²) in [5, 5.41) is 24.8. The Labute approximate surface area is 133 Å². The molecule has 3 rings (SSSR count). The summed E-state index contributed by atoms with van der Waals surface area (Å²) in [6.07, 6.45) is 1.78. The molecule has 0 bridgehead atoms. The average Bonchev–Trinajstić information content (AvgIpc) is 3.18. The number of hydrogen-bond donors (Lipinski definition) is 3. The van der Waals surface area contributed by atoms with Crippen LogP contribution in [-0.4, -0.2) is 21.8 Å². The van der Waals surface area contributed by atoms with E-state index in [-0.39, 0.29) is 0 Å². The fourth-order valence-corrected chi connectivity index (χ4v) is 3.12. The number of hydrogen-bond acceptors (Lipinski definition) is 5. The predicted octanol–water partition coefficient (Wildman–Crippen LogP) is 3.04. The topological polar surface area (TPSA) is 74.1 Å². The molecule has 0 aliphatic rings. The minimum Gasteiger partial charge on any atom is -0.460 e. The van der Waals surface area contributed by atoms with Crippen molar-refractivity contribution in [3.05, 3.63) is 52.0 Å². The molecular formula is C16H19N3O2S. The molecule has 1 unspecified atom stereocenters. The fraction of sp³-hybridized carbons (Fsp3) is 0.312. The molecule has 3 N–H and O–H groups in total. The molecule has 0 fully saturated rings. The summed E-state index contributed by atoms with van der Waals surface area (Å²) in [7, 11) is 0. The van der Waals surface area contributed by atoms with Crippen LogP contribution in [-0.2, 0) is 12.1 Å². The SMILES string of the molecule is Cc1ccc(-c2[nH]ncc2CNCC(C)(O)c2ccsc2)o1. The van der Waals surface area contributed by atoms with Crippen molar-refractivity contribution in [2.75, 3.05) is 6.54 Å². The van der Waals surface area contributed by atoms with Gasteiger partial charge in [0.1, 0.15) is 11.5 Å². The number of nitrogens with zero attached hydrogens (tertiary/aromatic N) is 1. The molecule has 6 heteroatoms. The molecule has 0 radical (unpaired) electrons. The van der Waals surface area contributed by atoms with Gasteiger partial charge >= 0.3 is 0 Å². The van der Waals surface area contributed by atoms with E-state index in [1.165, 1.54) is 0 Å². The van der Waals surface area contributed by atoms with Crippen LogP contribution in [0.4, 0.5) is 0 Å². The van der Waals surface area contributed by atoms with Gasteiger partial charge in [-0.1, -0.05) is 0 Å². The van der Waals surface area contributed by atoms with Crippen molar-refractivity contribution < 1.29 is 9.52 Å². The van der Waals surface area contributed by atoms with Gasteiger partial charge in [-0.05, 0) is 48.4 Å². The normalized spacial score (nSPS) is 14.1. The van der Waals surface area contributed by atoms with E-state index >= 15 is 0 Å². The van der Waals surface area contributed by atoms with Crippen molar-refractivity contribution in [2.45, 2.75) is 26.0 Å². The van der Waals surface area contributed by atoms with E-state index in [0.29, 0.717) is 13.1 Å². The van der Waals surface area contributed by atoms with Gasteiger partial charge in [0.05, 0.1) is 11.8 Å².